The summed E-state index contributed by atoms with van der Waals surface area (Å²) < 4.78 is 12.7. The molecule has 0 fully saturated rings. The first kappa shape index (κ1) is 23.1. The molecule has 2 aromatic carbocycles. The highest BCUT2D eigenvalue weighted by molar-refractivity contribution is 5.91. The molecule has 35 heavy (non-hydrogen) atoms. The molecule has 3 heterocycles. The average molecular weight is 475 g/mol. The van der Waals surface area contributed by atoms with Crippen molar-refractivity contribution in [2.24, 2.45) is 0 Å². The van der Waals surface area contributed by atoms with Crippen LogP contribution in [-0.2, 0) is 30.8 Å². The molecule has 1 amide bonds. The number of nitrogens with zero attached hydrogens (tertiary/aromatic N) is 3. The van der Waals surface area contributed by atoms with Gasteiger partial charge in [0.25, 0.3) is 5.56 Å². The maximum Gasteiger partial charge on any atom is 0.257 e. The van der Waals surface area contributed by atoms with Crippen molar-refractivity contribution in [2.45, 2.75) is 45.8 Å². The van der Waals surface area contributed by atoms with E-state index in [4.69, 9.17) is 14.5 Å². The van der Waals surface area contributed by atoms with Gasteiger partial charge in [-0.15, -0.1) is 0 Å². The summed E-state index contributed by atoms with van der Waals surface area (Å²) in [6, 6.07) is 15.6. The number of anilines is 1. The summed E-state index contributed by atoms with van der Waals surface area (Å²) in [6.45, 7) is 7.11. The number of hydrogen-bond donors (Lipinski definition) is 1. The minimum Gasteiger partial charge on any atom is -0.486 e. The van der Waals surface area contributed by atoms with Crippen LogP contribution in [0.2, 0.25) is 0 Å². The van der Waals surface area contributed by atoms with Gasteiger partial charge in [-0.05, 0) is 24.1 Å². The van der Waals surface area contributed by atoms with Crippen LogP contribution in [0, 0.1) is 0 Å². The number of amides is 1. The van der Waals surface area contributed by atoms with Crippen molar-refractivity contribution in [1.82, 2.24) is 14.5 Å². The predicted molar refractivity (Wildman–Crippen MR) is 133 cm³/mol. The molecule has 1 N–H and O–H groups in total. The maximum absolute atomic E-state index is 13.5. The van der Waals surface area contributed by atoms with Gasteiger partial charge >= 0.3 is 0 Å². The van der Waals surface area contributed by atoms with E-state index in [0.29, 0.717) is 54.8 Å². The number of aromatic nitrogens is 2. The largest absolute Gasteiger partial charge is 0.486 e. The van der Waals surface area contributed by atoms with Crippen LogP contribution in [0.5, 0.6) is 11.5 Å². The number of carbonyl (C=O) groups excluding carboxylic acids is 1. The van der Waals surface area contributed by atoms with Gasteiger partial charge in [-0.2, -0.15) is 0 Å². The molecule has 0 spiro atoms. The molecule has 2 aliphatic rings. The van der Waals surface area contributed by atoms with E-state index in [1.807, 2.05) is 32.0 Å². The molecule has 182 valence electrons. The van der Waals surface area contributed by atoms with E-state index in [0.717, 1.165) is 18.8 Å². The topological polar surface area (TPSA) is 85.7 Å². The Labute approximate surface area is 204 Å². The zero-order valence-electron chi connectivity index (χ0n) is 20.1. The summed E-state index contributed by atoms with van der Waals surface area (Å²) in [5.41, 5.74) is 3.26. The van der Waals surface area contributed by atoms with Crippen molar-refractivity contribution in [3.63, 3.8) is 0 Å². The van der Waals surface area contributed by atoms with E-state index in [1.165, 1.54) is 10.1 Å². The summed E-state index contributed by atoms with van der Waals surface area (Å²) in [4.78, 5) is 33.6. The number of fused-ring (bicyclic) bond motifs is 2. The van der Waals surface area contributed by atoms with Crippen LogP contribution in [0.1, 0.15) is 42.4 Å². The lowest BCUT2D eigenvalue weighted by Crippen LogP contribution is -2.40. The van der Waals surface area contributed by atoms with E-state index < -0.39 is 0 Å². The summed E-state index contributed by atoms with van der Waals surface area (Å²) in [7, 11) is 0. The number of nitrogens with one attached hydrogen (secondary N) is 1. The second-order valence-electron chi connectivity index (χ2n) is 9.29. The second kappa shape index (κ2) is 9.92. The smallest absolute Gasteiger partial charge is 0.257 e. The molecule has 8 nitrogen and oxygen atoms in total. The number of benzene rings is 2. The van der Waals surface area contributed by atoms with Crippen LogP contribution in [-0.4, -0.2) is 40.1 Å². The Hall–Kier alpha value is -3.65. The van der Waals surface area contributed by atoms with Crippen LogP contribution in [0.4, 0.5) is 5.69 Å². The molecule has 1 aromatic heterocycles. The minimum absolute atomic E-state index is 0.000377. The summed E-state index contributed by atoms with van der Waals surface area (Å²) in [5.74, 6) is 1.61. The van der Waals surface area contributed by atoms with Gasteiger partial charge in [0.05, 0.1) is 5.69 Å². The lowest BCUT2D eigenvalue weighted by molar-refractivity contribution is -0.116. The van der Waals surface area contributed by atoms with Crippen molar-refractivity contribution in [1.29, 1.82) is 0 Å². The first-order valence-corrected chi connectivity index (χ1v) is 12.1. The molecule has 0 saturated carbocycles. The van der Waals surface area contributed by atoms with E-state index in [-0.39, 0.29) is 23.9 Å². The van der Waals surface area contributed by atoms with Crippen molar-refractivity contribution in [3.8, 4) is 11.5 Å². The van der Waals surface area contributed by atoms with Crippen LogP contribution >= 0.6 is 0 Å². The Morgan fingerprint density at radius 2 is 1.86 bits per heavy atom. The standard InChI is InChI=1S/C27H30N4O4/c1-18(2)26-29-22-16-30(15-19-6-4-3-5-7-19)11-10-21(22)27(33)31(26)17-25(32)28-20-8-9-23-24(14-20)35-13-12-34-23/h3-9,14,18H,10-13,15-17H2,1-2H3,(H,28,32). The molecular weight excluding hydrogens is 444 g/mol. The van der Waals surface area contributed by atoms with Gasteiger partial charge in [0.15, 0.2) is 11.5 Å². The Kier molecular flexibility index (Phi) is 6.55. The highest BCUT2D eigenvalue weighted by Crippen LogP contribution is 2.32. The van der Waals surface area contributed by atoms with Crippen molar-refractivity contribution < 1.29 is 14.3 Å². The molecule has 3 aromatic rings. The normalized spacial score (nSPS) is 15.1. The summed E-state index contributed by atoms with van der Waals surface area (Å²) >= 11 is 0. The van der Waals surface area contributed by atoms with Gasteiger partial charge in [-0.25, -0.2) is 4.98 Å². The number of carbonyl (C=O) groups is 1. The van der Waals surface area contributed by atoms with Crippen molar-refractivity contribution in [3.05, 3.63) is 81.5 Å². The van der Waals surface area contributed by atoms with Gasteiger partial charge < -0.3 is 14.8 Å². The van der Waals surface area contributed by atoms with E-state index >= 15 is 0 Å². The van der Waals surface area contributed by atoms with Crippen LogP contribution in [0.3, 0.4) is 0 Å². The van der Waals surface area contributed by atoms with Crippen LogP contribution in [0.15, 0.2) is 53.3 Å². The maximum atomic E-state index is 13.5. The van der Waals surface area contributed by atoms with Crippen molar-refractivity contribution in [2.75, 3.05) is 25.1 Å². The van der Waals surface area contributed by atoms with Crippen LogP contribution in [0.25, 0.3) is 0 Å². The third-order valence-electron chi connectivity index (χ3n) is 6.32. The number of rotatable bonds is 6. The Morgan fingerprint density at radius 3 is 2.63 bits per heavy atom. The zero-order valence-corrected chi connectivity index (χ0v) is 20.1. The molecule has 5 rings (SSSR count). The SMILES string of the molecule is CC(C)c1nc2c(c(=O)n1CC(=O)Nc1ccc3c(c1)OCCO3)CCN(Cc1ccccc1)C2. The van der Waals surface area contributed by atoms with E-state index in [9.17, 15) is 9.59 Å². The highest BCUT2D eigenvalue weighted by atomic mass is 16.6. The quantitative estimate of drug-likeness (QED) is 0.590. The lowest BCUT2D eigenvalue weighted by atomic mass is 10.0. The fourth-order valence-electron chi connectivity index (χ4n) is 4.63. The fraction of sp³-hybridized carbons (Fsp3) is 0.370. The molecule has 0 aliphatic carbocycles. The zero-order chi connectivity index (χ0) is 24.4. The molecule has 0 unspecified atom stereocenters. The fourth-order valence-corrected chi connectivity index (χ4v) is 4.63. The molecule has 0 radical (unpaired) electrons. The minimum atomic E-state index is -0.283. The van der Waals surface area contributed by atoms with Gasteiger partial charge in [-0.3, -0.25) is 19.1 Å². The predicted octanol–water partition coefficient (Wildman–Crippen LogP) is 3.33. The highest BCUT2D eigenvalue weighted by Gasteiger charge is 2.25. The number of hydrogen-bond acceptors (Lipinski definition) is 6. The molecular formula is C27H30N4O4. The number of ether oxygens (including phenoxy) is 2. The Bertz CT molecular complexity index is 1290. The van der Waals surface area contributed by atoms with Gasteiger partial charge in [-0.1, -0.05) is 44.2 Å². The summed E-state index contributed by atoms with van der Waals surface area (Å²) in [6.07, 6.45) is 0.621. The van der Waals surface area contributed by atoms with E-state index in [1.54, 1.807) is 18.2 Å². The molecule has 0 bridgehead atoms. The molecule has 8 heteroatoms. The molecule has 0 saturated heterocycles. The first-order chi connectivity index (χ1) is 17.0. The third kappa shape index (κ3) is 5.07. The third-order valence-corrected chi connectivity index (χ3v) is 6.32. The first-order valence-electron chi connectivity index (χ1n) is 12.1. The second-order valence-corrected chi connectivity index (χ2v) is 9.29. The van der Waals surface area contributed by atoms with Crippen LogP contribution < -0.4 is 20.3 Å². The van der Waals surface area contributed by atoms with Crippen molar-refractivity contribution >= 4 is 11.6 Å². The van der Waals surface area contributed by atoms with Gasteiger partial charge in [0.2, 0.25) is 5.91 Å². The van der Waals surface area contributed by atoms with E-state index in [2.05, 4.69) is 22.3 Å². The molecule has 2 aliphatic heterocycles. The van der Waals surface area contributed by atoms with Gasteiger partial charge in [0.1, 0.15) is 25.6 Å². The molecule has 0 atom stereocenters. The lowest BCUT2D eigenvalue weighted by Gasteiger charge is -2.29. The monoisotopic (exact) mass is 474 g/mol. The summed E-state index contributed by atoms with van der Waals surface area (Å²) in [5, 5.41) is 2.88. The van der Waals surface area contributed by atoms with Gasteiger partial charge in [0, 0.05) is 42.9 Å². The average Bonchev–Trinajstić information content (AvgIpc) is 2.86. The Morgan fingerprint density at radius 1 is 1.09 bits per heavy atom. The Balaban J connectivity index is 1.35.